The highest BCUT2D eigenvalue weighted by atomic mass is 79.9. The fourth-order valence-electron chi connectivity index (χ4n) is 2.30. The first-order valence-corrected chi connectivity index (χ1v) is 8.99. The molecule has 118 valence electrons. The molecule has 0 spiro atoms. The lowest BCUT2D eigenvalue weighted by Gasteiger charge is -2.05. The number of benzene rings is 2. The van der Waals surface area contributed by atoms with Gasteiger partial charge < -0.3 is 4.42 Å². The maximum atomic E-state index is 12.6. The number of halogens is 1. The van der Waals surface area contributed by atoms with Crippen LogP contribution in [0.4, 0.5) is 0 Å². The lowest BCUT2D eigenvalue weighted by molar-refractivity contribution is 0.482. The molecular formula is C16H11BrO5S. The van der Waals surface area contributed by atoms with Crippen molar-refractivity contribution >= 4 is 37.0 Å². The monoisotopic (exact) mass is 394 g/mol. The zero-order valence-corrected chi connectivity index (χ0v) is 14.1. The summed E-state index contributed by atoms with van der Waals surface area (Å²) in [6.07, 6.45) is 1.35. The van der Waals surface area contributed by atoms with Gasteiger partial charge in [-0.2, -0.15) is 8.42 Å². The van der Waals surface area contributed by atoms with Crippen molar-refractivity contribution in [3.63, 3.8) is 0 Å². The van der Waals surface area contributed by atoms with Gasteiger partial charge >= 0.3 is 0 Å². The van der Waals surface area contributed by atoms with E-state index in [2.05, 4.69) is 15.9 Å². The zero-order valence-electron chi connectivity index (χ0n) is 11.7. The molecule has 0 aliphatic heterocycles. The molecule has 3 rings (SSSR count). The normalized spacial score (nSPS) is 11.7. The Hall–Kier alpha value is -1.96. The third-order valence-corrected chi connectivity index (χ3v) is 4.57. The molecule has 0 aliphatic rings. The van der Waals surface area contributed by atoms with Crippen LogP contribution in [0.25, 0.3) is 22.1 Å². The minimum absolute atomic E-state index is 0.202. The fraction of sp³-hybridized carbons (Fsp3) is 0.0625. The largest absolute Gasteiger partial charge is 0.463 e. The van der Waals surface area contributed by atoms with Crippen LogP contribution in [0, 0.1) is 0 Å². The molecule has 0 radical (unpaired) electrons. The molecule has 0 fully saturated rings. The molecule has 2 aromatic carbocycles. The van der Waals surface area contributed by atoms with E-state index in [1.165, 1.54) is 24.5 Å². The first kappa shape index (κ1) is 15.9. The van der Waals surface area contributed by atoms with Crippen molar-refractivity contribution in [2.75, 3.05) is 0 Å². The smallest absolute Gasteiger partial charge is 0.269 e. The Bertz CT molecular complexity index is 1040. The van der Waals surface area contributed by atoms with E-state index in [9.17, 15) is 13.2 Å². The summed E-state index contributed by atoms with van der Waals surface area (Å²) in [5.41, 5.74) is 1.57. The van der Waals surface area contributed by atoms with E-state index in [0.29, 0.717) is 16.5 Å². The van der Waals surface area contributed by atoms with Gasteiger partial charge in [0.15, 0.2) is 5.43 Å². The Morgan fingerprint density at radius 1 is 1.09 bits per heavy atom. The second kappa shape index (κ2) is 5.92. The van der Waals surface area contributed by atoms with E-state index in [0.717, 1.165) is 10.0 Å². The van der Waals surface area contributed by atoms with Crippen LogP contribution in [-0.4, -0.2) is 13.0 Å². The van der Waals surface area contributed by atoms with Crippen molar-refractivity contribution in [2.45, 2.75) is 5.75 Å². The van der Waals surface area contributed by atoms with Gasteiger partial charge in [0, 0.05) is 4.47 Å². The molecule has 3 aromatic rings. The number of hydrogen-bond acceptors (Lipinski definition) is 4. The molecule has 1 heterocycles. The van der Waals surface area contributed by atoms with Crippen LogP contribution in [0.5, 0.6) is 0 Å². The van der Waals surface area contributed by atoms with Crippen molar-refractivity contribution in [1.29, 1.82) is 0 Å². The van der Waals surface area contributed by atoms with Gasteiger partial charge in [-0.25, -0.2) is 0 Å². The van der Waals surface area contributed by atoms with Gasteiger partial charge in [0.05, 0.1) is 10.9 Å². The maximum Gasteiger partial charge on any atom is 0.269 e. The Kier molecular flexibility index (Phi) is 4.09. The minimum atomic E-state index is -4.14. The van der Waals surface area contributed by atoms with Crippen molar-refractivity contribution in [1.82, 2.24) is 0 Å². The third kappa shape index (κ3) is 3.52. The molecule has 0 bridgehead atoms. The lowest BCUT2D eigenvalue weighted by atomic mass is 10.1. The summed E-state index contributed by atoms with van der Waals surface area (Å²) in [4.78, 5) is 12.6. The van der Waals surface area contributed by atoms with Gasteiger partial charge in [0.2, 0.25) is 0 Å². The molecule has 0 atom stereocenters. The molecule has 0 saturated carbocycles. The Morgan fingerprint density at radius 3 is 2.43 bits per heavy atom. The van der Waals surface area contributed by atoms with E-state index < -0.39 is 15.9 Å². The highest BCUT2D eigenvalue weighted by molar-refractivity contribution is 9.10. The van der Waals surface area contributed by atoms with E-state index in [1.807, 2.05) is 12.1 Å². The summed E-state index contributed by atoms with van der Waals surface area (Å²) in [5, 5.41) is 0.351. The van der Waals surface area contributed by atoms with Crippen molar-refractivity contribution < 1.29 is 17.4 Å². The van der Waals surface area contributed by atoms with Crippen LogP contribution in [0.3, 0.4) is 0 Å². The highest BCUT2D eigenvalue weighted by Crippen LogP contribution is 2.22. The average Bonchev–Trinajstić information content (AvgIpc) is 2.47. The van der Waals surface area contributed by atoms with Crippen molar-refractivity contribution in [2.24, 2.45) is 0 Å². The Labute approximate surface area is 140 Å². The SMILES string of the molecule is O=c1c(-c2ccc(Br)cc2)coc2cc(CS(=O)(=O)O)ccc12. The predicted octanol–water partition coefficient (Wildman–Crippen LogP) is 3.61. The zero-order chi connectivity index (χ0) is 16.6. The number of fused-ring (bicyclic) bond motifs is 1. The molecule has 1 aromatic heterocycles. The second-order valence-corrected chi connectivity index (χ2v) is 7.41. The van der Waals surface area contributed by atoms with Crippen LogP contribution in [0.2, 0.25) is 0 Å². The first-order valence-electron chi connectivity index (χ1n) is 6.59. The summed E-state index contributed by atoms with van der Waals surface area (Å²) in [5.74, 6) is -0.527. The number of hydrogen-bond donors (Lipinski definition) is 1. The molecule has 0 amide bonds. The maximum absolute atomic E-state index is 12.6. The molecule has 1 N–H and O–H groups in total. The van der Waals surface area contributed by atoms with Crippen LogP contribution >= 0.6 is 15.9 Å². The molecule has 5 nitrogen and oxygen atoms in total. The van der Waals surface area contributed by atoms with Crippen LogP contribution < -0.4 is 5.43 Å². The summed E-state index contributed by atoms with van der Waals surface area (Å²) in [7, 11) is -4.14. The summed E-state index contributed by atoms with van der Waals surface area (Å²) >= 11 is 3.34. The average molecular weight is 395 g/mol. The molecule has 0 saturated heterocycles. The van der Waals surface area contributed by atoms with E-state index in [1.54, 1.807) is 12.1 Å². The number of rotatable bonds is 3. The van der Waals surface area contributed by atoms with E-state index in [-0.39, 0.29) is 11.0 Å². The van der Waals surface area contributed by atoms with Crippen molar-refractivity contribution in [3.8, 4) is 11.1 Å². The molecular weight excluding hydrogens is 384 g/mol. The molecule has 0 aliphatic carbocycles. The second-order valence-electron chi connectivity index (χ2n) is 5.04. The lowest BCUT2D eigenvalue weighted by Crippen LogP contribution is -2.06. The predicted molar refractivity (Wildman–Crippen MR) is 90.9 cm³/mol. The fourth-order valence-corrected chi connectivity index (χ4v) is 3.17. The first-order chi connectivity index (χ1) is 10.8. The Morgan fingerprint density at radius 2 is 1.78 bits per heavy atom. The highest BCUT2D eigenvalue weighted by Gasteiger charge is 2.12. The summed E-state index contributed by atoms with van der Waals surface area (Å²) in [6.45, 7) is 0. The summed E-state index contributed by atoms with van der Waals surface area (Å²) in [6, 6.07) is 11.7. The standard InChI is InChI=1S/C16H11BrO5S/c17-12-4-2-11(3-5-12)14-8-22-15-7-10(9-23(19,20)21)1-6-13(15)16(14)18/h1-8H,9H2,(H,19,20,21). The van der Waals surface area contributed by atoms with Crippen LogP contribution in [0.1, 0.15) is 5.56 Å². The minimum Gasteiger partial charge on any atom is -0.463 e. The van der Waals surface area contributed by atoms with Gasteiger partial charge in [0.1, 0.15) is 17.6 Å². The van der Waals surface area contributed by atoms with Crippen molar-refractivity contribution in [3.05, 3.63) is 69.0 Å². The quantitative estimate of drug-likeness (QED) is 0.685. The van der Waals surface area contributed by atoms with Gasteiger partial charge in [-0.1, -0.05) is 34.1 Å². The van der Waals surface area contributed by atoms with Gasteiger partial charge in [-0.15, -0.1) is 0 Å². The van der Waals surface area contributed by atoms with E-state index in [4.69, 9.17) is 8.97 Å². The Balaban J connectivity index is 2.11. The molecule has 7 heteroatoms. The van der Waals surface area contributed by atoms with Crippen LogP contribution in [-0.2, 0) is 15.9 Å². The van der Waals surface area contributed by atoms with Gasteiger partial charge in [-0.3, -0.25) is 9.35 Å². The third-order valence-electron chi connectivity index (χ3n) is 3.34. The van der Waals surface area contributed by atoms with Gasteiger partial charge in [0.25, 0.3) is 10.1 Å². The topological polar surface area (TPSA) is 84.6 Å². The van der Waals surface area contributed by atoms with Crippen LogP contribution in [0.15, 0.2) is 62.4 Å². The van der Waals surface area contributed by atoms with E-state index >= 15 is 0 Å². The molecule has 23 heavy (non-hydrogen) atoms. The van der Waals surface area contributed by atoms with Gasteiger partial charge in [-0.05, 0) is 35.4 Å². The summed E-state index contributed by atoms with van der Waals surface area (Å²) < 4.78 is 37.1. The molecule has 0 unspecified atom stereocenters.